The predicted octanol–water partition coefficient (Wildman–Crippen LogP) is 5.21. The van der Waals surface area contributed by atoms with Gasteiger partial charge in [0.25, 0.3) is 0 Å². The minimum atomic E-state index is -4.45. The second-order valence-electron chi connectivity index (χ2n) is 5.57. The average molecular weight is 410 g/mol. The zero-order chi connectivity index (χ0) is 21.0. The molecule has 11 heteroatoms. The molecule has 0 saturated carbocycles. The number of carbonyl (C=O) groups is 1. The van der Waals surface area contributed by atoms with Crippen LogP contribution < -0.4 is 15.4 Å². The molecule has 0 aliphatic rings. The topological polar surface area (TPSA) is 76.1 Å². The number of aromatic nitrogens is 2. The highest BCUT2D eigenvalue weighted by Gasteiger charge is 2.30. The highest BCUT2D eigenvalue weighted by atomic mass is 19.4. The maximum atomic E-state index is 13.1. The maximum Gasteiger partial charge on any atom is 0.416 e. The van der Waals surface area contributed by atoms with Gasteiger partial charge >= 0.3 is 12.2 Å². The van der Waals surface area contributed by atoms with E-state index < -0.39 is 29.4 Å². The van der Waals surface area contributed by atoms with Gasteiger partial charge in [-0.25, -0.2) is 23.5 Å². The SMILES string of the molecule is O=C(Nc1ccc(F)c(F)c1)Nc1ncc(Oc2ccc(C(F)(F)F)cc2)cn1. The van der Waals surface area contributed by atoms with Crippen molar-refractivity contribution >= 4 is 17.7 Å². The van der Waals surface area contributed by atoms with Crippen molar-refractivity contribution in [1.29, 1.82) is 0 Å². The van der Waals surface area contributed by atoms with Gasteiger partial charge in [-0.2, -0.15) is 13.2 Å². The Morgan fingerprint density at radius 3 is 2.10 bits per heavy atom. The summed E-state index contributed by atoms with van der Waals surface area (Å²) in [5, 5.41) is 4.54. The number of rotatable bonds is 4. The molecule has 2 N–H and O–H groups in total. The Morgan fingerprint density at radius 1 is 0.862 bits per heavy atom. The molecule has 0 spiro atoms. The Bertz CT molecular complexity index is 1010. The molecule has 0 fully saturated rings. The minimum absolute atomic E-state index is 0.0173. The zero-order valence-corrected chi connectivity index (χ0v) is 14.3. The van der Waals surface area contributed by atoms with Crippen LogP contribution in [-0.4, -0.2) is 16.0 Å². The van der Waals surface area contributed by atoms with E-state index in [1.807, 2.05) is 0 Å². The second kappa shape index (κ2) is 8.09. The Hall–Kier alpha value is -3.76. The van der Waals surface area contributed by atoms with E-state index in [2.05, 4.69) is 20.6 Å². The standard InChI is InChI=1S/C18H11F5N4O2/c19-14-6-3-11(7-15(14)20)26-17(28)27-16-24-8-13(9-25-16)29-12-4-1-10(2-5-12)18(21,22)23/h1-9H,(H2,24,25,26,27,28). The summed E-state index contributed by atoms with van der Waals surface area (Å²) in [6, 6.07) is 6.05. The lowest BCUT2D eigenvalue weighted by atomic mass is 10.2. The number of amides is 2. The maximum absolute atomic E-state index is 13.1. The molecule has 6 nitrogen and oxygen atoms in total. The van der Waals surface area contributed by atoms with Crippen molar-refractivity contribution in [2.24, 2.45) is 0 Å². The van der Waals surface area contributed by atoms with Crippen LogP contribution in [0.15, 0.2) is 54.9 Å². The molecule has 2 aromatic carbocycles. The van der Waals surface area contributed by atoms with E-state index in [-0.39, 0.29) is 23.1 Å². The first-order valence-electron chi connectivity index (χ1n) is 7.91. The molecule has 1 heterocycles. The lowest BCUT2D eigenvalue weighted by Crippen LogP contribution is -2.20. The molecule has 2 amide bonds. The third kappa shape index (κ3) is 5.37. The van der Waals surface area contributed by atoms with Crippen LogP contribution in [0, 0.1) is 11.6 Å². The Morgan fingerprint density at radius 2 is 1.52 bits per heavy atom. The number of anilines is 2. The monoisotopic (exact) mass is 410 g/mol. The number of hydrogen-bond donors (Lipinski definition) is 2. The van der Waals surface area contributed by atoms with Gasteiger partial charge in [0.1, 0.15) is 5.75 Å². The molecule has 29 heavy (non-hydrogen) atoms. The number of benzene rings is 2. The number of ether oxygens (including phenoxy) is 1. The van der Waals surface area contributed by atoms with Crippen molar-refractivity contribution in [1.82, 2.24) is 9.97 Å². The lowest BCUT2D eigenvalue weighted by Gasteiger charge is -2.09. The van der Waals surface area contributed by atoms with E-state index in [9.17, 15) is 26.7 Å². The van der Waals surface area contributed by atoms with Gasteiger partial charge in [-0.15, -0.1) is 0 Å². The zero-order valence-electron chi connectivity index (χ0n) is 14.3. The molecule has 150 valence electrons. The number of carbonyl (C=O) groups excluding carboxylic acids is 1. The smallest absolute Gasteiger partial charge is 0.416 e. The van der Waals surface area contributed by atoms with E-state index in [0.29, 0.717) is 0 Å². The summed E-state index contributed by atoms with van der Waals surface area (Å²) in [7, 11) is 0. The van der Waals surface area contributed by atoms with Crippen LogP contribution in [0.1, 0.15) is 5.56 Å². The molecule has 3 aromatic rings. The third-order valence-electron chi connectivity index (χ3n) is 3.45. The summed E-state index contributed by atoms with van der Waals surface area (Å²) in [6.45, 7) is 0. The largest absolute Gasteiger partial charge is 0.454 e. The second-order valence-corrected chi connectivity index (χ2v) is 5.57. The van der Waals surface area contributed by atoms with Crippen molar-refractivity contribution in [3.05, 3.63) is 72.1 Å². The summed E-state index contributed by atoms with van der Waals surface area (Å²) in [5.74, 6) is -2.04. The fourth-order valence-electron chi connectivity index (χ4n) is 2.12. The van der Waals surface area contributed by atoms with Crippen LogP contribution in [0.3, 0.4) is 0 Å². The first kappa shape index (κ1) is 20.0. The average Bonchev–Trinajstić information content (AvgIpc) is 2.66. The summed E-state index contributed by atoms with van der Waals surface area (Å²) in [4.78, 5) is 19.5. The van der Waals surface area contributed by atoms with Crippen molar-refractivity contribution < 1.29 is 31.5 Å². The first-order chi connectivity index (χ1) is 13.7. The molecule has 0 bridgehead atoms. The number of nitrogens with zero attached hydrogens (tertiary/aromatic N) is 2. The Balaban J connectivity index is 1.58. The van der Waals surface area contributed by atoms with Crippen LogP contribution in [0.2, 0.25) is 0 Å². The summed E-state index contributed by atoms with van der Waals surface area (Å²) in [5.41, 5.74) is -0.795. The third-order valence-corrected chi connectivity index (χ3v) is 3.45. The van der Waals surface area contributed by atoms with Gasteiger partial charge in [0, 0.05) is 11.8 Å². The summed E-state index contributed by atoms with van der Waals surface area (Å²) < 4.78 is 68.9. The van der Waals surface area contributed by atoms with Gasteiger partial charge in [0.2, 0.25) is 5.95 Å². The van der Waals surface area contributed by atoms with Crippen LogP contribution in [0.5, 0.6) is 11.5 Å². The van der Waals surface area contributed by atoms with Crippen molar-refractivity contribution in [2.75, 3.05) is 10.6 Å². The molecule has 0 radical (unpaired) electrons. The van der Waals surface area contributed by atoms with Crippen LogP contribution in [-0.2, 0) is 6.18 Å². The van der Waals surface area contributed by atoms with Gasteiger partial charge in [-0.05, 0) is 36.4 Å². The van der Waals surface area contributed by atoms with Crippen molar-refractivity contribution in [3.63, 3.8) is 0 Å². The highest BCUT2D eigenvalue weighted by Crippen LogP contribution is 2.31. The molecule has 0 unspecified atom stereocenters. The molecule has 0 aliphatic heterocycles. The number of nitrogens with one attached hydrogen (secondary N) is 2. The molecule has 1 aromatic heterocycles. The summed E-state index contributed by atoms with van der Waals surface area (Å²) in [6.07, 6.45) is -2.06. The lowest BCUT2D eigenvalue weighted by molar-refractivity contribution is -0.137. The van der Waals surface area contributed by atoms with Crippen LogP contribution in [0.25, 0.3) is 0 Å². The highest BCUT2D eigenvalue weighted by molar-refractivity contribution is 5.98. The quantitative estimate of drug-likeness (QED) is 0.579. The number of urea groups is 1. The van der Waals surface area contributed by atoms with Gasteiger partial charge in [-0.3, -0.25) is 5.32 Å². The van der Waals surface area contributed by atoms with E-state index in [1.165, 1.54) is 18.5 Å². The Labute approximate surface area is 160 Å². The van der Waals surface area contributed by atoms with Crippen molar-refractivity contribution in [3.8, 4) is 11.5 Å². The number of halogens is 5. The van der Waals surface area contributed by atoms with Crippen LogP contribution in [0.4, 0.5) is 38.4 Å². The molecular formula is C18H11F5N4O2. The van der Waals surface area contributed by atoms with E-state index in [1.54, 1.807) is 0 Å². The fourth-order valence-corrected chi connectivity index (χ4v) is 2.12. The first-order valence-corrected chi connectivity index (χ1v) is 7.91. The van der Waals surface area contributed by atoms with E-state index in [4.69, 9.17) is 4.74 Å². The van der Waals surface area contributed by atoms with Gasteiger partial charge in [-0.1, -0.05) is 0 Å². The summed E-state index contributed by atoms with van der Waals surface area (Å²) >= 11 is 0. The molecule has 0 atom stereocenters. The van der Waals surface area contributed by atoms with E-state index in [0.717, 1.165) is 36.4 Å². The molecular weight excluding hydrogens is 399 g/mol. The normalized spacial score (nSPS) is 11.1. The van der Waals surface area contributed by atoms with Gasteiger partial charge in [0.15, 0.2) is 17.4 Å². The molecule has 0 saturated heterocycles. The molecule has 0 aliphatic carbocycles. The fraction of sp³-hybridized carbons (Fsp3) is 0.0556. The predicted molar refractivity (Wildman–Crippen MR) is 92.5 cm³/mol. The van der Waals surface area contributed by atoms with Crippen LogP contribution >= 0.6 is 0 Å². The number of alkyl halides is 3. The van der Waals surface area contributed by atoms with E-state index >= 15 is 0 Å². The van der Waals surface area contributed by atoms with Gasteiger partial charge < -0.3 is 10.1 Å². The number of hydrogen-bond acceptors (Lipinski definition) is 4. The Kier molecular flexibility index (Phi) is 5.57. The minimum Gasteiger partial charge on any atom is -0.454 e. The van der Waals surface area contributed by atoms with Crippen molar-refractivity contribution in [2.45, 2.75) is 6.18 Å². The molecule has 3 rings (SSSR count). The van der Waals surface area contributed by atoms with Gasteiger partial charge in [0.05, 0.1) is 18.0 Å².